The van der Waals surface area contributed by atoms with Crippen molar-refractivity contribution in [2.45, 2.75) is 64.1 Å². The number of halogens is 1. The van der Waals surface area contributed by atoms with Crippen LogP contribution in [-0.2, 0) is 4.74 Å². The molecule has 0 bridgehead atoms. The highest BCUT2D eigenvalue weighted by Gasteiger charge is 2.27. The van der Waals surface area contributed by atoms with E-state index in [4.69, 9.17) is 4.74 Å². The number of alkyl carbamates (subject to hydrolysis) is 1. The standard InChI is InChI=1S/C18H24BrN3O2/c1-18(2,3)24-17(23)21-13-5-4-6-14(10-13)22-11-20-15-9-12(19)7-8-16(15)22/h7-9,11,13-14H,4-6,10H2,1-3H3,(H,21,23)/t13-,14+/m1/s1. The number of benzene rings is 1. The molecule has 1 aromatic heterocycles. The molecule has 6 heteroatoms. The van der Waals surface area contributed by atoms with Gasteiger partial charge in [-0.3, -0.25) is 0 Å². The highest BCUT2D eigenvalue weighted by molar-refractivity contribution is 9.10. The zero-order valence-corrected chi connectivity index (χ0v) is 16.0. The van der Waals surface area contributed by atoms with E-state index in [0.717, 1.165) is 41.2 Å². The molecule has 5 nitrogen and oxygen atoms in total. The topological polar surface area (TPSA) is 56.1 Å². The van der Waals surface area contributed by atoms with Crippen LogP contribution in [-0.4, -0.2) is 27.3 Å². The maximum absolute atomic E-state index is 12.0. The summed E-state index contributed by atoms with van der Waals surface area (Å²) in [6, 6.07) is 6.67. The van der Waals surface area contributed by atoms with Crippen molar-refractivity contribution < 1.29 is 9.53 Å². The number of imidazole rings is 1. The van der Waals surface area contributed by atoms with Gasteiger partial charge in [-0.1, -0.05) is 15.9 Å². The largest absolute Gasteiger partial charge is 0.444 e. The summed E-state index contributed by atoms with van der Waals surface area (Å²) in [5, 5.41) is 3.02. The molecule has 130 valence electrons. The molecule has 24 heavy (non-hydrogen) atoms. The maximum atomic E-state index is 12.0. The van der Waals surface area contributed by atoms with Gasteiger partial charge in [0.25, 0.3) is 0 Å². The van der Waals surface area contributed by atoms with Crippen LogP contribution < -0.4 is 5.32 Å². The average molecular weight is 394 g/mol. The molecule has 1 aliphatic rings. The highest BCUT2D eigenvalue weighted by Crippen LogP contribution is 2.32. The molecule has 0 radical (unpaired) electrons. The van der Waals surface area contributed by atoms with Crippen LogP contribution in [0.15, 0.2) is 29.0 Å². The van der Waals surface area contributed by atoms with Gasteiger partial charge in [-0.25, -0.2) is 9.78 Å². The fourth-order valence-electron chi connectivity index (χ4n) is 3.32. The molecule has 0 aliphatic heterocycles. The third-order valence-electron chi connectivity index (χ3n) is 4.30. The molecule has 1 aromatic carbocycles. The zero-order chi connectivity index (χ0) is 17.3. The fourth-order valence-corrected chi connectivity index (χ4v) is 3.67. The van der Waals surface area contributed by atoms with Gasteiger partial charge in [0.15, 0.2) is 0 Å². The minimum atomic E-state index is -0.466. The monoisotopic (exact) mass is 393 g/mol. The smallest absolute Gasteiger partial charge is 0.407 e. The molecule has 0 saturated heterocycles. The molecule has 1 N–H and O–H groups in total. The van der Waals surface area contributed by atoms with Crippen molar-refractivity contribution >= 4 is 33.1 Å². The highest BCUT2D eigenvalue weighted by atomic mass is 79.9. The molecule has 2 aromatic rings. The number of fused-ring (bicyclic) bond motifs is 1. The Morgan fingerprint density at radius 1 is 1.38 bits per heavy atom. The first-order chi connectivity index (χ1) is 11.3. The Bertz CT molecular complexity index is 735. The Hall–Kier alpha value is -1.56. The molecular weight excluding hydrogens is 370 g/mol. The molecule has 1 fully saturated rings. The minimum Gasteiger partial charge on any atom is -0.444 e. The summed E-state index contributed by atoms with van der Waals surface area (Å²) in [6.45, 7) is 5.64. The summed E-state index contributed by atoms with van der Waals surface area (Å²) in [6.07, 6.45) is 5.68. The van der Waals surface area contributed by atoms with Crippen molar-refractivity contribution in [3.8, 4) is 0 Å². The van der Waals surface area contributed by atoms with Crippen molar-refractivity contribution in [1.82, 2.24) is 14.9 Å². The molecule has 1 heterocycles. The molecule has 3 rings (SSSR count). The Morgan fingerprint density at radius 3 is 2.92 bits per heavy atom. The van der Waals surface area contributed by atoms with Crippen LogP contribution in [0.4, 0.5) is 4.79 Å². The minimum absolute atomic E-state index is 0.145. The lowest BCUT2D eigenvalue weighted by atomic mass is 9.91. The van der Waals surface area contributed by atoms with E-state index in [2.05, 4.69) is 36.9 Å². The van der Waals surface area contributed by atoms with Gasteiger partial charge in [-0.2, -0.15) is 0 Å². The SMILES string of the molecule is CC(C)(C)OC(=O)N[C@@H]1CCC[C@H](n2cnc3cc(Br)ccc32)C1. The van der Waals surface area contributed by atoms with Crippen LogP contribution in [0, 0.1) is 0 Å². The van der Waals surface area contributed by atoms with Gasteiger partial charge in [0, 0.05) is 16.6 Å². The van der Waals surface area contributed by atoms with Gasteiger partial charge in [-0.15, -0.1) is 0 Å². The predicted molar refractivity (Wildman–Crippen MR) is 98.1 cm³/mol. The summed E-state index contributed by atoms with van der Waals surface area (Å²) in [5.74, 6) is 0. The van der Waals surface area contributed by atoms with Crippen LogP contribution in [0.5, 0.6) is 0 Å². The third-order valence-corrected chi connectivity index (χ3v) is 4.79. The van der Waals surface area contributed by atoms with E-state index in [1.54, 1.807) is 0 Å². The lowest BCUT2D eigenvalue weighted by Gasteiger charge is -2.31. The van der Waals surface area contributed by atoms with E-state index in [9.17, 15) is 4.79 Å². The second-order valence-corrected chi connectivity index (χ2v) is 8.36. The fraction of sp³-hybridized carbons (Fsp3) is 0.556. The van der Waals surface area contributed by atoms with Crippen molar-refractivity contribution in [3.05, 3.63) is 29.0 Å². The Morgan fingerprint density at radius 2 is 2.17 bits per heavy atom. The zero-order valence-electron chi connectivity index (χ0n) is 14.4. The number of carbonyl (C=O) groups is 1. The van der Waals surface area contributed by atoms with Gasteiger partial charge in [0.2, 0.25) is 0 Å². The van der Waals surface area contributed by atoms with Gasteiger partial charge in [0.1, 0.15) is 5.60 Å². The van der Waals surface area contributed by atoms with Gasteiger partial charge in [0.05, 0.1) is 17.4 Å². The van der Waals surface area contributed by atoms with Gasteiger partial charge < -0.3 is 14.6 Å². The lowest BCUT2D eigenvalue weighted by molar-refractivity contribution is 0.0486. The summed E-state index contributed by atoms with van der Waals surface area (Å²) in [4.78, 5) is 16.5. The number of aromatic nitrogens is 2. The van der Waals surface area contributed by atoms with Crippen molar-refractivity contribution in [2.75, 3.05) is 0 Å². The van der Waals surface area contributed by atoms with Crippen molar-refractivity contribution in [3.63, 3.8) is 0 Å². The maximum Gasteiger partial charge on any atom is 0.407 e. The van der Waals surface area contributed by atoms with E-state index in [0.29, 0.717) is 6.04 Å². The first kappa shape index (κ1) is 17.3. The number of nitrogens with zero attached hydrogens (tertiary/aromatic N) is 2. The number of nitrogens with one attached hydrogen (secondary N) is 1. The second-order valence-electron chi connectivity index (χ2n) is 7.45. The summed E-state index contributed by atoms with van der Waals surface area (Å²) >= 11 is 3.49. The Balaban J connectivity index is 1.70. The summed E-state index contributed by atoms with van der Waals surface area (Å²) in [5.41, 5.74) is 1.67. The first-order valence-electron chi connectivity index (χ1n) is 8.43. The third kappa shape index (κ3) is 4.09. The predicted octanol–water partition coefficient (Wildman–Crippen LogP) is 4.81. The Kier molecular flexibility index (Phi) is 4.85. The van der Waals surface area contributed by atoms with Crippen molar-refractivity contribution in [1.29, 1.82) is 0 Å². The first-order valence-corrected chi connectivity index (χ1v) is 9.23. The van der Waals surface area contributed by atoms with Gasteiger partial charge >= 0.3 is 6.09 Å². The molecule has 1 amide bonds. The number of hydrogen-bond donors (Lipinski definition) is 1. The number of amides is 1. The molecular formula is C18H24BrN3O2. The number of hydrogen-bond acceptors (Lipinski definition) is 3. The Labute approximate surface area is 150 Å². The van der Waals surface area contributed by atoms with E-state index in [1.165, 1.54) is 0 Å². The van der Waals surface area contributed by atoms with Crippen LogP contribution >= 0.6 is 15.9 Å². The molecule has 1 aliphatic carbocycles. The van der Waals surface area contributed by atoms with E-state index in [1.807, 2.05) is 39.2 Å². The van der Waals surface area contributed by atoms with Gasteiger partial charge in [-0.05, 0) is 64.7 Å². The van der Waals surface area contributed by atoms with Crippen LogP contribution in [0.2, 0.25) is 0 Å². The van der Waals surface area contributed by atoms with Crippen LogP contribution in [0.1, 0.15) is 52.5 Å². The lowest BCUT2D eigenvalue weighted by Crippen LogP contribution is -2.41. The molecule has 0 spiro atoms. The number of carbonyl (C=O) groups excluding carboxylic acids is 1. The van der Waals surface area contributed by atoms with E-state index >= 15 is 0 Å². The quantitative estimate of drug-likeness (QED) is 0.796. The summed E-state index contributed by atoms with van der Waals surface area (Å²) in [7, 11) is 0. The summed E-state index contributed by atoms with van der Waals surface area (Å²) < 4.78 is 8.65. The molecule has 2 atom stereocenters. The second kappa shape index (κ2) is 6.75. The molecule has 1 saturated carbocycles. The van der Waals surface area contributed by atoms with Crippen molar-refractivity contribution in [2.24, 2.45) is 0 Å². The van der Waals surface area contributed by atoms with Crippen LogP contribution in [0.3, 0.4) is 0 Å². The number of ether oxygens (including phenoxy) is 1. The van der Waals surface area contributed by atoms with Crippen LogP contribution in [0.25, 0.3) is 11.0 Å². The van der Waals surface area contributed by atoms with E-state index in [-0.39, 0.29) is 12.1 Å². The average Bonchev–Trinajstić information content (AvgIpc) is 2.88. The van der Waals surface area contributed by atoms with E-state index < -0.39 is 5.60 Å². The number of rotatable bonds is 2. The molecule has 0 unspecified atom stereocenters. The normalized spacial score (nSPS) is 21.7.